The third-order valence-corrected chi connectivity index (χ3v) is 4.21. The van der Waals surface area contributed by atoms with Crippen LogP contribution in [0.2, 0.25) is 0 Å². The maximum absolute atomic E-state index is 5.58. The van der Waals surface area contributed by atoms with Gasteiger partial charge in [-0.05, 0) is 18.1 Å². The van der Waals surface area contributed by atoms with Gasteiger partial charge in [0, 0.05) is 35.0 Å². The van der Waals surface area contributed by atoms with Crippen LogP contribution in [0.1, 0.15) is 23.7 Å². The van der Waals surface area contributed by atoms with E-state index in [-0.39, 0.29) is 0 Å². The van der Waals surface area contributed by atoms with Crippen molar-refractivity contribution in [1.82, 2.24) is 15.0 Å². The number of nitrogens with one attached hydrogen (secondary N) is 1. The zero-order valence-electron chi connectivity index (χ0n) is 10.7. The summed E-state index contributed by atoms with van der Waals surface area (Å²) in [6, 6.07) is 1.96. The summed E-state index contributed by atoms with van der Waals surface area (Å²) in [7, 11) is 0. The maximum atomic E-state index is 5.58. The standard InChI is InChI=1S/C13H15N5S/c1-2-8-5-15-4-3-9(8)12-16-11-7-19-6-10(11)13(17-12)18-14/h3-5H,2,6-7,14H2,1H3,(H,16,17,18). The third-order valence-electron chi connectivity index (χ3n) is 3.24. The summed E-state index contributed by atoms with van der Waals surface area (Å²) in [6.07, 6.45) is 4.55. The number of aryl methyl sites for hydroxylation is 1. The number of nitrogens with zero attached hydrogens (tertiary/aromatic N) is 3. The first-order valence-corrected chi connectivity index (χ1v) is 7.36. The van der Waals surface area contributed by atoms with Crippen molar-refractivity contribution in [3.63, 3.8) is 0 Å². The predicted molar refractivity (Wildman–Crippen MR) is 77.5 cm³/mol. The van der Waals surface area contributed by atoms with Gasteiger partial charge < -0.3 is 5.43 Å². The molecule has 0 radical (unpaired) electrons. The van der Waals surface area contributed by atoms with Crippen molar-refractivity contribution in [3.8, 4) is 11.4 Å². The highest BCUT2D eigenvalue weighted by Gasteiger charge is 2.20. The number of aromatic nitrogens is 3. The smallest absolute Gasteiger partial charge is 0.162 e. The number of anilines is 1. The van der Waals surface area contributed by atoms with Gasteiger partial charge in [0.15, 0.2) is 5.82 Å². The van der Waals surface area contributed by atoms with E-state index in [2.05, 4.69) is 27.3 Å². The Balaban J connectivity index is 2.15. The first-order valence-electron chi connectivity index (χ1n) is 6.21. The van der Waals surface area contributed by atoms with Gasteiger partial charge in [-0.2, -0.15) is 11.8 Å². The molecule has 3 rings (SSSR count). The van der Waals surface area contributed by atoms with Gasteiger partial charge in [0.05, 0.1) is 5.69 Å². The number of rotatable bonds is 3. The normalized spacial score (nSPS) is 13.4. The van der Waals surface area contributed by atoms with Crippen molar-refractivity contribution in [2.24, 2.45) is 5.84 Å². The Morgan fingerprint density at radius 2 is 2.26 bits per heavy atom. The highest BCUT2D eigenvalue weighted by Crippen LogP contribution is 2.34. The minimum absolute atomic E-state index is 0.730. The zero-order valence-corrected chi connectivity index (χ0v) is 11.5. The van der Waals surface area contributed by atoms with Gasteiger partial charge >= 0.3 is 0 Å². The summed E-state index contributed by atoms with van der Waals surface area (Å²) < 4.78 is 0. The van der Waals surface area contributed by atoms with Gasteiger partial charge in [-0.3, -0.25) is 4.98 Å². The molecular formula is C13H15N5S. The van der Waals surface area contributed by atoms with Crippen LogP contribution in [0.25, 0.3) is 11.4 Å². The molecule has 3 N–H and O–H groups in total. The first-order chi connectivity index (χ1) is 9.33. The molecule has 0 saturated heterocycles. The largest absolute Gasteiger partial charge is 0.308 e. The lowest BCUT2D eigenvalue weighted by Crippen LogP contribution is -2.13. The molecular weight excluding hydrogens is 258 g/mol. The van der Waals surface area contributed by atoms with Crippen LogP contribution in [-0.2, 0) is 17.9 Å². The van der Waals surface area contributed by atoms with Crippen molar-refractivity contribution in [1.29, 1.82) is 0 Å². The summed E-state index contributed by atoms with van der Waals surface area (Å²) in [5.41, 5.74) is 7.09. The number of nitrogens with two attached hydrogens (primary N) is 1. The van der Waals surface area contributed by atoms with Gasteiger partial charge in [0.25, 0.3) is 0 Å². The fourth-order valence-electron chi connectivity index (χ4n) is 2.22. The molecule has 2 aromatic rings. The highest BCUT2D eigenvalue weighted by molar-refractivity contribution is 7.98. The lowest BCUT2D eigenvalue weighted by molar-refractivity contribution is 1.04. The average molecular weight is 273 g/mol. The Morgan fingerprint density at radius 1 is 1.37 bits per heavy atom. The van der Waals surface area contributed by atoms with Crippen molar-refractivity contribution in [2.75, 3.05) is 5.43 Å². The second kappa shape index (κ2) is 5.14. The molecule has 0 amide bonds. The van der Waals surface area contributed by atoms with E-state index < -0.39 is 0 Å². The van der Waals surface area contributed by atoms with Crippen molar-refractivity contribution in [3.05, 3.63) is 35.3 Å². The zero-order chi connectivity index (χ0) is 13.2. The van der Waals surface area contributed by atoms with Crippen LogP contribution in [0, 0.1) is 0 Å². The molecule has 0 atom stereocenters. The molecule has 1 aliphatic rings. The van der Waals surface area contributed by atoms with E-state index in [1.165, 1.54) is 0 Å². The number of nitrogen functional groups attached to an aromatic ring is 1. The molecule has 0 fully saturated rings. The van der Waals surface area contributed by atoms with Gasteiger partial charge in [-0.25, -0.2) is 15.8 Å². The van der Waals surface area contributed by atoms with E-state index in [1.54, 1.807) is 6.20 Å². The second-order valence-corrected chi connectivity index (χ2v) is 5.33. The number of hydrazine groups is 1. The van der Waals surface area contributed by atoms with Crippen LogP contribution in [0.15, 0.2) is 18.5 Å². The Labute approximate surface area is 116 Å². The lowest BCUT2D eigenvalue weighted by atomic mass is 10.1. The van der Waals surface area contributed by atoms with E-state index in [1.807, 2.05) is 24.0 Å². The van der Waals surface area contributed by atoms with E-state index in [0.29, 0.717) is 0 Å². The first kappa shape index (κ1) is 12.4. The van der Waals surface area contributed by atoms with E-state index in [0.717, 1.165) is 52.0 Å². The SMILES string of the molecule is CCc1cnccc1-c1nc2c(c(NN)n1)CSC2. The molecule has 2 aromatic heterocycles. The monoisotopic (exact) mass is 273 g/mol. The Hall–Kier alpha value is -1.66. The van der Waals surface area contributed by atoms with Gasteiger partial charge in [-0.15, -0.1) is 0 Å². The Morgan fingerprint density at radius 3 is 3.05 bits per heavy atom. The lowest BCUT2D eigenvalue weighted by Gasteiger charge is -2.10. The molecule has 0 unspecified atom stereocenters. The molecule has 1 aliphatic heterocycles. The van der Waals surface area contributed by atoms with Crippen LogP contribution < -0.4 is 11.3 Å². The molecule has 0 bridgehead atoms. The van der Waals surface area contributed by atoms with Crippen LogP contribution in [0.5, 0.6) is 0 Å². The number of thioether (sulfide) groups is 1. The van der Waals surface area contributed by atoms with Crippen LogP contribution in [0.4, 0.5) is 5.82 Å². The number of fused-ring (bicyclic) bond motifs is 1. The topological polar surface area (TPSA) is 76.7 Å². The average Bonchev–Trinajstić information content (AvgIpc) is 2.94. The number of hydrogen-bond acceptors (Lipinski definition) is 6. The Bertz CT molecular complexity index is 614. The van der Waals surface area contributed by atoms with Gasteiger partial charge in [0.1, 0.15) is 5.82 Å². The predicted octanol–water partition coefficient (Wildman–Crippen LogP) is 2.13. The van der Waals surface area contributed by atoms with Crippen LogP contribution >= 0.6 is 11.8 Å². The summed E-state index contributed by atoms with van der Waals surface area (Å²) in [5.74, 6) is 8.89. The third kappa shape index (κ3) is 2.17. The van der Waals surface area contributed by atoms with Gasteiger partial charge in [0.2, 0.25) is 0 Å². The quantitative estimate of drug-likeness (QED) is 0.659. The van der Waals surface area contributed by atoms with Crippen LogP contribution in [-0.4, -0.2) is 15.0 Å². The molecule has 0 spiro atoms. The maximum Gasteiger partial charge on any atom is 0.162 e. The van der Waals surface area contributed by atoms with Crippen molar-refractivity contribution >= 4 is 17.6 Å². The van der Waals surface area contributed by atoms with E-state index in [9.17, 15) is 0 Å². The molecule has 0 aliphatic carbocycles. The minimum atomic E-state index is 0.730. The fourth-order valence-corrected chi connectivity index (χ4v) is 3.26. The molecule has 5 nitrogen and oxygen atoms in total. The molecule has 19 heavy (non-hydrogen) atoms. The fraction of sp³-hybridized carbons (Fsp3) is 0.308. The summed E-state index contributed by atoms with van der Waals surface area (Å²) >= 11 is 1.84. The Kier molecular flexibility index (Phi) is 3.35. The van der Waals surface area contributed by atoms with Crippen LogP contribution in [0.3, 0.4) is 0 Å². The molecule has 3 heterocycles. The summed E-state index contributed by atoms with van der Waals surface area (Å²) in [4.78, 5) is 13.4. The molecule has 6 heteroatoms. The minimum Gasteiger partial charge on any atom is -0.308 e. The highest BCUT2D eigenvalue weighted by atomic mass is 32.2. The molecule has 98 valence electrons. The van der Waals surface area contributed by atoms with Crippen molar-refractivity contribution in [2.45, 2.75) is 24.9 Å². The summed E-state index contributed by atoms with van der Waals surface area (Å²) in [5, 5.41) is 0. The van der Waals surface area contributed by atoms with Gasteiger partial charge in [-0.1, -0.05) is 6.92 Å². The number of pyridine rings is 1. The second-order valence-electron chi connectivity index (χ2n) is 4.34. The van der Waals surface area contributed by atoms with E-state index in [4.69, 9.17) is 5.84 Å². The van der Waals surface area contributed by atoms with E-state index >= 15 is 0 Å². The molecule has 0 saturated carbocycles. The summed E-state index contributed by atoms with van der Waals surface area (Å²) in [6.45, 7) is 2.10. The van der Waals surface area contributed by atoms with Crippen molar-refractivity contribution < 1.29 is 0 Å². The number of hydrogen-bond donors (Lipinski definition) is 2. The molecule has 0 aromatic carbocycles.